The second-order valence-electron chi connectivity index (χ2n) is 4.67. The lowest BCUT2D eigenvalue weighted by molar-refractivity contribution is 0.606. The summed E-state index contributed by atoms with van der Waals surface area (Å²) in [6.07, 6.45) is 3.26. The first-order valence-electron chi connectivity index (χ1n) is 6.87. The Bertz CT molecular complexity index is 504. The standard InChI is InChI=1S/C14H21N3S2/c1-4-6-11-14(19-17-16-11)13(15-9-5-2)12-8-7-10(3)18-12/h7-8,13,15H,4-6,9H2,1-3H3. The molecule has 0 aliphatic carbocycles. The van der Waals surface area contributed by atoms with Crippen molar-refractivity contribution in [3.8, 4) is 0 Å². The summed E-state index contributed by atoms with van der Waals surface area (Å²) in [7, 11) is 0. The molecule has 1 atom stereocenters. The van der Waals surface area contributed by atoms with Crippen molar-refractivity contribution in [1.82, 2.24) is 14.9 Å². The fraction of sp³-hybridized carbons (Fsp3) is 0.571. The van der Waals surface area contributed by atoms with Crippen molar-refractivity contribution < 1.29 is 0 Å². The van der Waals surface area contributed by atoms with E-state index in [4.69, 9.17) is 0 Å². The highest BCUT2D eigenvalue weighted by atomic mass is 32.1. The minimum atomic E-state index is 0.264. The van der Waals surface area contributed by atoms with E-state index in [-0.39, 0.29) is 6.04 Å². The first kappa shape index (κ1) is 14.6. The van der Waals surface area contributed by atoms with Crippen LogP contribution < -0.4 is 5.32 Å². The molecule has 0 aromatic carbocycles. The van der Waals surface area contributed by atoms with Gasteiger partial charge < -0.3 is 5.32 Å². The smallest absolute Gasteiger partial charge is 0.0807 e. The fourth-order valence-electron chi connectivity index (χ4n) is 2.06. The predicted molar refractivity (Wildman–Crippen MR) is 83.1 cm³/mol. The van der Waals surface area contributed by atoms with Crippen molar-refractivity contribution in [2.75, 3.05) is 6.54 Å². The average molecular weight is 295 g/mol. The Labute approximate surface area is 123 Å². The van der Waals surface area contributed by atoms with Crippen LogP contribution in [0.3, 0.4) is 0 Å². The van der Waals surface area contributed by atoms with Gasteiger partial charge in [0.15, 0.2) is 0 Å². The molecule has 0 aliphatic heterocycles. The maximum absolute atomic E-state index is 4.30. The van der Waals surface area contributed by atoms with E-state index < -0.39 is 0 Å². The monoisotopic (exact) mass is 295 g/mol. The van der Waals surface area contributed by atoms with Gasteiger partial charge in [0.25, 0.3) is 0 Å². The lowest BCUT2D eigenvalue weighted by atomic mass is 10.1. The summed E-state index contributed by atoms with van der Waals surface area (Å²) in [5.74, 6) is 0. The lowest BCUT2D eigenvalue weighted by Gasteiger charge is -2.16. The first-order valence-corrected chi connectivity index (χ1v) is 8.46. The van der Waals surface area contributed by atoms with E-state index in [0.29, 0.717) is 0 Å². The van der Waals surface area contributed by atoms with E-state index >= 15 is 0 Å². The van der Waals surface area contributed by atoms with Gasteiger partial charge in [-0.1, -0.05) is 24.8 Å². The lowest BCUT2D eigenvalue weighted by Crippen LogP contribution is -2.22. The van der Waals surface area contributed by atoms with Gasteiger partial charge in [0, 0.05) is 9.75 Å². The Balaban J connectivity index is 2.28. The molecule has 2 rings (SSSR count). The average Bonchev–Trinajstić information content (AvgIpc) is 3.01. The summed E-state index contributed by atoms with van der Waals surface area (Å²) in [5, 5.41) is 7.94. The van der Waals surface area contributed by atoms with Crippen LogP contribution in [-0.4, -0.2) is 16.1 Å². The van der Waals surface area contributed by atoms with Gasteiger partial charge in [-0.3, -0.25) is 0 Å². The molecule has 19 heavy (non-hydrogen) atoms. The molecule has 3 nitrogen and oxygen atoms in total. The third-order valence-corrected chi connectivity index (χ3v) is 4.88. The molecule has 104 valence electrons. The van der Waals surface area contributed by atoms with Gasteiger partial charge in [-0.05, 0) is 50.0 Å². The zero-order valence-corrected chi connectivity index (χ0v) is 13.4. The zero-order chi connectivity index (χ0) is 13.7. The molecule has 0 radical (unpaired) electrons. The van der Waals surface area contributed by atoms with E-state index in [1.54, 1.807) is 0 Å². The van der Waals surface area contributed by atoms with E-state index in [2.05, 4.69) is 47.8 Å². The number of nitrogens with zero attached hydrogens (tertiary/aromatic N) is 2. The Morgan fingerprint density at radius 1 is 1.26 bits per heavy atom. The maximum Gasteiger partial charge on any atom is 0.0807 e. The van der Waals surface area contributed by atoms with Crippen molar-refractivity contribution in [2.24, 2.45) is 0 Å². The second-order valence-corrected chi connectivity index (χ2v) is 6.77. The van der Waals surface area contributed by atoms with Gasteiger partial charge in [0.2, 0.25) is 0 Å². The summed E-state index contributed by atoms with van der Waals surface area (Å²) in [6.45, 7) is 7.56. The third kappa shape index (κ3) is 3.61. The molecule has 2 aromatic heterocycles. The van der Waals surface area contributed by atoms with Crippen LogP contribution >= 0.6 is 22.9 Å². The Hall–Kier alpha value is -0.780. The molecule has 0 spiro atoms. The predicted octanol–water partition coefficient (Wildman–Crippen LogP) is 3.95. The fourth-order valence-corrected chi connectivity index (χ4v) is 3.89. The Morgan fingerprint density at radius 3 is 2.74 bits per heavy atom. The van der Waals surface area contributed by atoms with Gasteiger partial charge >= 0.3 is 0 Å². The molecular formula is C14H21N3S2. The van der Waals surface area contributed by atoms with Gasteiger partial charge in [-0.15, -0.1) is 16.4 Å². The highest BCUT2D eigenvalue weighted by Gasteiger charge is 2.21. The van der Waals surface area contributed by atoms with Crippen LogP contribution in [0.2, 0.25) is 0 Å². The Kier molecular flexibility index (Phi) is 5.48. The normalized spacial score (nSPS) is 12.8. The molecule has 2 aromatic rings. The van der Waals surface area contributed by atoms with Crippen molar-refractivity contribution in [3.63, 3.8) is 0 Å². The molecule has 0 aliphatic rings. The minimum Gasteiger partial charge on any atom is -0.305 e. The van der Waals surface area contributed by atoms with Gasteiger partial charge in [-0.25, -0.2) is 0 Å². The highest BCUT2D eigenvalue weighted by molar-refractivity contribution is 7.12. The van der Waals surface area contributed by atoms with Crippen LogP contribution in [0.15, 0.2) is 12.1 Å². The van der Waals surface area contributed by atoms with E-state index in [1.165, 1.54) is 26.2 Å². The van der Waals surface area contributed by atoms with Crippen LogP contribution in [0.1, 0.15) is 53.1 Å². The number of aryl methyl sites for hydroxylation is 2. The van der Waals surface area contributed by atoms with Gasteiger partial charge in [0.1, 0.15) is 0 Å². The first-order chi connectivity index (χ1) is 9.26. The van der Waals surface area contributed by atoms with Gasteiger partial charge in [-0.2, -0.15) is 0 Å². The third-order valence-electron chi connectivity index (χ3n) is 2.98. The molecule has 1 N–H and O–H groups in total. The van der Waals surface area contributed by atoms with Crippen molar-refractivity contribution in [2.45, 2.75) is 46.1 Å². The van der Waals surface area contributed by atoms with Crippen LogP contribution in [-0.2, 0) is 6.42 Å². The van der Waals surface area contributed by atoms with Crippen molar-refractivity contribution in [3.05, 3.63) is 32.5 Å². The number of hydrogen-bond acceptors (Lipinski definition) is 5. The summed E-state index contributed by atoms with van der Waals surface area (Å²) < 4.78 is 4.16. The van der Waals surface area contributed by atoms with E-state index in [9.17, 15) is 0 Å². The van der Waals surface area contributed by atoms with Crippen molar-refractivity contribution in [1.29, 1.82) is 0 Å². The van der Waals surface area contributed by atoms with Crippen LogP contribution in [0.5, 0.6) is 0 Å². The zero-order valence-electron chi connectivity index (χ0n) is 11.8. The molecule has 0 amide bonds. The SMILES string of the molecule is CCCNC(c1ccc(C)s1)c1snnc1CCC. The van der Waals surface area contributed by atoms with Crippen molar-refractivity contribution >= 4 is 22.9 Å². The second kappa shape index (κ2) is 7.12. The quantitative estimate of drug-likeness (QED) is 0.840. The molecule has 0 saturated carbocycles. The number of hydrogen-bond donors (Lipinski definition) is 1. The Morgan fingerprint density at radius 2 is 2.11 bits per heavy atom. The molecule has 5 heteroatoms. The summed E-state index contributed by atoms with van der Waals surface area (Å²) in [6, 6.07) is 4.68. The summed E-state index contributed by atoms with van der Waals surface area (Å²) in [4.78, 5) is 4.01. The van der Waals surface area contributed by atoms with E-state index in [0.717, 1.165) is 31.5 Å². The molecule has 1 unspecified atom stereocenters. The number of rotatable bonds is 7. The number of thiophene rings is 1. The topological polar surface area (TPSA) is 37.8 Å². The van der Waals surface area contributed by atoms with Crippen LogP contribution in [0, 0.1) is 6.92 Å². The summed E-state index contributed by atoms with van der Waals surface area (Å²) >= 11 is 3.40. The molecule has 0 fully saturated rings. The maximum atomic E-state index is 4.30. The van der Waals surface area contributed by atoms with Gasteiger partial charge in [0.05, 0.1) is 16.6 Å². The number of aromatic nitrogens is 2. The van der Waals surface area contributed by atoms with Crippen LogP contribution in [0.4, 0.5) is 0 Å². The number of nitrogens with one attached hydrogen (secondary N) is 1. The molecule has 0 bridgehead atoms. The summed E-state index contributed by atoms with van der Waals surface area (Å²) in [5.41, 5.74) is 1.16. The molecule has 0 saturated heterocycles. The highest BCUT2D eigenvalue weighted by Crippen LogP contribution is 2.32. The van der Waals surface area contributed by atoms with Crippen LogP contribution in [0.25, 0.3) is 0 Å². The molecule has 2 heterocycles. The largest absolute Gasteiger partial charge is 0.305 e. The molecular weight excluding hydrogens is 274 g/mol. The van der Waals surface area contributed by atoms with E-state index in [1.807, 2.05) is 11.3 Å². The minimum absolute atomic E-state index is 0.264.